The van der Waals surface area contributed by atoms with E-state index >= 15 is 0 Å². The van der Waals surface area contributed by atoms with Crippen molar-refractivity contribution in [1.29, 1.82) is 0 Å². The van der Waals surface area contributed by atoms with Crippen LogP contribution in [0.15, 0.2) is 30.5 Å². The van der Waals surface area contributed by atoms with Gasteiger partial charge in [0.2, 0.25) is 5.88 Å². The Morgan fingerprint density at radius 2 is 1.89 bits per heavy atom. The van der Waals surface area contributed by atoms with Crippen LogP contribution in [0, 0.1) is 5.82 Å². The van der Waals surface area contributed by atoms with E-state index in [1.165, 1.54) is 19.2 Å². The summed E-state index contributed by atoms with van der Waals surface area (Å²) in [5.74, 6) is -0.725. The van der Waals surface area contributed by atoms with E-state index in [9.17, 15) is 14.0 Å². The highest BCUT2D eigenvalue weighted by Crippen LogP contribution is 2.18. The van der Waals surface area contributed by atoms with Crippen LogP contribution in [-0.2, 0) is 7.05 Å². The van der Waals surface area contributed by atoms with E-state index in [1.807, 2.05) is 0 Å². The molecule has 28 heavy (non-hydrogen) atoms. The van der Waals surface area contributed by atoms with E-state index in [1.54, 1.807) is 35.0 Å². The van der Waals surface area contributed by atoms with E-state index in [0.717, 1.165) is 0 Å². The number of carbonyl (C=O) groups excluding carboxylic acids is 2. The summed E-state index contributed by atoms with van der Waals surface area (Å²) in [6.07, 6.45) is 1.66. The lowest BCUT2D eigenvalue weighted by atomic mass is 10.2. The molecule has 2 amide bonds. The van der Waals surface area contributed by atoms with Gasteiger partial charge in [-0.15, -0.1) is 5.10 Å². The maximum Gasteiger partial charge on any atom is 0.261 e. The van der Waals surface area contributed by atoms with Crippen LogP contribution in [0.5, 0.6) is 5.88 Å². The summed E-state index contributed by atoms with van der Waals surface area (Å²) in [4.78, 5) is 28.6. The van der Waals surface area contributed by atoms with Crippen molar-refractivity contribution in [3.05, 3.63) is 47.4 Å². The van der Waals surface area contributed by atoms with Gasteiger partial charge >= 0.3 is 0 Å². The fourth-order valence-electron chi connectivity index (χ4n) is 3.18. The van der Waals surface area contributed by atoms with Gasteiger partial charge in [0.25, 0.3) is 11.8 Å². The SMILES string of the molecule is COc1nn(C)cc1C(=O)N1CCN(CCNC(=O)c2ccccc2F)CC1. The molecule has 8 nitrogen and oxygen atoms in total. The van der Waals surface area contributed by atoms with Gasteiger partial charge in [0, 0.05) is 52.5 Å². The number of nitrogens with one attached hydrogen (secondary N) is 1. The number of ether oxygens (including phenoxy) is 1. The van der Waals surface area contributed by atoms with Crippen molar-refractivity contribution < 1.29 is 18.7 Å². The van der Waals surface area contributed by atoms with Gasteiger partial charge in [0.1, 0.15) is 11.4 Å². The molecule has 0 aliphatic carbocycles. The third-order valence-corrected chi connectivity index (χ3v) is 4.71. The zero-order valence-electron chi connectivity index (χ0n) is 16.0. The summed E-state index contributed by atoms with van der Waals surface area (Å²) in [7, 11) is 3.24. The van der Waals surface area contributed by atoms with Gasteiger partial charge in [0.05, 0.1) is 12.7 Å². The number of piperazine rings is 1. The molecule has 1 aromatic heterocycles. The molecule has 0 unspecified atom stereocenters. The molecule has 3 rings (SSSR count). The first kappa shape index (κ1) is 19.8. The monoisotopic (exact) mass is 389 g/mol. The maximum atomic E-state index is 13.6. The molecule has 0 bridgehead atoms. The first-order valence-electron chi connectivity index (χ1n) is 9.11. The molecule has 150 valence electrons. The molecule has 0 saturated carbocycles. The number of rotatable bonds is 6. The largest absolute Gasteiger partial charge is 0.479 e. The van der Waals surface area contributed by atoms with Gasteiger partial charge in [-0.05, 0) is 12.1 Å². The Labute approximate surface area is 162 Å². The Morgan fingerprint density at radius 1 is 1.18 bits per heavy atom. The Kier molecular flexibility index (Phi) is 6.25. The van der Waals surface area contributed by atoms with Crippen LogP contribution >= 0.6 is 0 Å². The van der Waals surface area contributed by atoms with Gasteiger partial charge in [-0.3, -0.25) is 19.2 Å². The molecule has 1 fully saturated rings. The molecule has 1 aliphatic heterocycles. The number of halogens is 1. The minimum Gasteiger partial charge on any atom is -0.479 e. The Bertz CT molecular complexity index is 846. The number of aryl methyl sites for hydroxylation is 1. The number of aromatic nitrogens is 2. The van der Waals surface area contributed by atoms with Crippen molar-refractivity contribution >= 4 is 11.8 Å². The average Bonchev–Trinajstić information content (AvgIpc) is 3.09. The summed E-state index contributed by atoms with van der Waals surface area (Å²) in [5, 5.41) is 6.85. The normalized spacial score (nSPS) is 14.8. The summed E-state index contributed by atoms with van der Waals surface area (Å²) in [6, 6.07) is 5.91. The van der Waals surface area contributed by atoms with Gasteiger partial charge in [-0.25, -0.2) is 4.39 Å². The molecule has 0 spiro atoms. The molecule has 1 saturated heterocycles. The molecule has 1 aromatic carbocycles. The van der Waals surface area contributed by atoms with E-state index in [0.29, 0.717) is 50.7 Å². The topological polar surface area (TPSA) is 79.7 Å². The van der Waals surface area contributed by atoms with E-state index in [-0.39, 0.29) is 11.5 Å². The van der Waals surface area contributed by atoms with E-state index in [2.05, 4.69) is 15.3 Å². The predicted molar refractivity (Wildman–Crippen MR) is 101 cm³/mol. The zero-order chi connectivity index (χ0) is 20.1. The minimum atomic E-state index is -0.530. The quantitative estimate of drug-likeness (QED) is 0.789. The van der Waals surface area contributed by atoms with Gasteiger partial charge in [-0.1, -0.05) is 12.1 Å². The first-order valence-corrected chi connectivity index (χ1v) is 9.11. The zero-order valence-corrected chi connectivity index (χ0v) is 16.0. The molecule has 1 aliphatic rings. The summed E-state index contributed by atoms with van der Waals surface area (Å²) >= 11 is 0. The molecular formula is C19H24FN5O3. The molecule has 1 N–H and O–H groups in total. The Morgan fingerprint density at radius 3 is 2.57 bits per heavy atom. The number of hydrogen-bond acceptors (Lipinski definition) is 5. The highest BCUT2D eigenvalue weighted by Gasteiger charge is 2.26. The second-order valence-electron chi connectivity index (χ2n) is 6.60. The molecule has 2 heterocycles. The van der Waals surface area contributed by atoms with Crippen LogP contribution in [0.2, 0.25) is 0 Å². The van der Waals surface area contributed by atoms with Crippen LogP contribution in [0.1, 0.15) is 20.7 Å². The fourth-order valence-corrected chi connectivity index (χ4v) is 3.18. The predicted octanol–water partition coefficient (Wildman–Crippen LogP) is 0.756. The summed E-state index contributed by atoms with van der Waals surface area (Å²) < 4.78 is 20.3. The molecular weight excluding hydrogens is 365 g/mol. The summed E-state index contributed by atoms with van der Waals surface area (Å²) in [5.41, 5.74) is 0.499. The Hall–Kier alpha value is -2.94. The second-order valence-corrected chi connectivity index (χ2v) is 6.60. The van der Waals surface area contributed by atoms with Crippen molar-refractivity contribution in [3.63, 3.8) is 0 Å². The van der Waals surface area contributed by atoms with Gasteiger partial charge in [0.15, 0.2) is 0 Å². The van der Waals surface area contributed by atoms with Crippen molar-refractivity contribution in [2.24, 2.45) is 7.05 Å². The maximum absolute atomic E-state index is 13.6. The number of nitrogens with zero attached hydrogens (tertiary/aromatic N) is 4. The molecule has 2 aromatic rings. The third kappa shape index (κ3) is 4.48. The number of methoxy groups -OCH3 is 1. The van der Waals surface area contributed by atoms with Crippen LogP contribution in [-0.4, -0.2) is 77.8 Å². The highest BCUT2D eigenvalue weighted by molar-refractivity contribution is 5.96. The number of carbonyl (C=O) groups is 2. The lowest BCUT2D eigenvalue weighted by Crippen LogP contribution is -2.50. The number of amides is 2. The van der Waals surface area contributed by atoms with Crippen LogP contribution < -0.4 is 10.1 Å². The van der Waals surface area contributed by atoms with Crippen molar-refractivity contribution in [2.45, 2.75) is 0 Å². The van der Waals surface area contributed by atoms with Gasteiger partial charge < -0.3 is 15.0 Å². The number of hydrogen-bond donors (Lipinski definition) is 1. The molecule has 0 atom stereocenters. The van der Waals surface area contributed by atoms with Crippen molar-refractivity contribution in [2.75, 3.05) is 46.4 Å². The van der Waals surface area contributed by atoms with Crippen LogP contribution in [0.25, 0.3) is 0 Å². The van der Waals surface area contributed by atoms with Gasteiger partial charge in [-0.2, -0.15) is 0 Å². The Balaban J connectivity index is 1.45. The molecule has 0 radical (unpaired) electrons. The van der Waals surface area contributed by atoms with Crippen LogP contribution in [0.3, 0.4) is 0 Å². The average molecular weight is 389 g/mol. The van der Waals surface area contributed by atoms with E-state index in [4.69, 9.17) is 4.74 Å². The lowest BCUT2D eigenvalue weighted by Gasteiger charge is -2.34. The van der Waals surface area contributed by atoms with Crippen molar-refractivity contribution in [1.82, 2.24) is 24.9 Å². The number of benzene rings is 1. The first-order chi connectivity index (χ1) is 13.5. The standard InChI is InChI=1S/C19H24FN5O3/c1-23-13-15(18(22-23)28-2)19(27)25-11-9-24(10-12-25)8-7-21-17(26)14-5-3-4-6-16(14)20/h3-6,13H,7-12H2,1-2H3,(H,21,26). The smallest absolute Gasteiger partial charge is 0.261 e. The van der Waals surface area contributed by atoms with Crippen molar-refractivity contribution in [3.8, 4) is 5.88 Å². The molecule has 9 heteroatoms. The van der Waals surface area contributed by atoms with E-state index < -0.39 is 11.7 Å². The highest BCUT2D eigenvalue weighted by atomic mass is 19.1. The minimum absolute atomic E-state index is 0.0448. The second kappa shape index (κ2) is 8.83. The van der Waals surface area contributed by atoms with Crippen LogP contribution in [0.4, 0.5) is 4.39 Å². The lowest BCUT2D eigenvalue weighted by molar-refractivity contribution is 0.0634. The third-order valence-electron chi connectivity index (χ3n) is 4.71. The fraction of sp³-hybridized carbons (Fsp3) is 0.421. The summed E-state index contributed by atoms with van der Waals surface area (Å²) in [6.45, 7) is 3.61.